The van der Waals surface area contributed by atoms with Crippen LogP contribution in [0.5, 0.6) is 0 Å². The first kappa shape index (κ1) is 19.0. The largest absolute Gasteiger partial charge is 0.382 e. The van der Waals surface area contributed by atoms with Crippen molar-refractivity contribution in [3.05, 3.63) is 55.0 Å². The number of pyridine rings is 1. The number of nitrogens with one attached hydrogen (secondary N) is 2. The van der Waals surface area contributed by atoms with E-state index in [-0.39, 0.29) is 11.8 Å². The summed E-state index contributed by atoms with van der Waals surface area (Å²) in [6.07, 6.45) is 7.31. The Morgan fingerprint density at radius 1 is 1.10 bits per heavy atom. The lowest BCUT2D eigenvalue weighted by atomic mass is 10.0. The minimum atomic E-state index is -0.107. The van der Waals surface area contributed by atoms with Crippen molar-refractivity contribution in [2.45, 2.75) is 32.4 Å². The Morgan fingerprint density at radius 3 is 2.59 bits per heavy atom. The maximum Gasteiger partial charge on any atom is 0.242 e. The zero-order chi connectivity index (χ0) is 20.2. The first-order chi connectivity index (χ1) is 14.1. The van der Waals surface area contributed by atoms with Crippen LogP contribution in [0.2, 0.25) is 0 Å². The van der Waals surface area contributed by atoms with Gasteiger partial charge in [0.05, 0.1) is 11.2 Å². The highest BCUT2D eigenvalue weighted by Crippen LogP contribution is 2.25. The van der Waals surface area contributed by atoms with Crippen molar-refractivity contribution in [2.24, 2.45) is 0 Å². The standard InChI is InChI=1S/C22H25N5O2/c1-16(28)24-20-3-2-4-21-19(20)9-14-27(21)15-22(29)26-12-7-18(8-13-26)25-17-5-10-23-11-6-17/h2-6,9-11,14,18H,7-8,12-13,15H2,1H3,(H,23,25)(H,24,28). The van der Waals surface area contributed by atoms with Crippen molar-refractivity contribution in [3.63, 3.8) is 0 Å². The van der Waals surface area contributed by atoms with Crippen molar-refractivity contribution in [2.75, 3.05) is 23.7 Å². The molecule has 1 saturated heterocycles. The molecule has 7 heteroatoms. The molecule has 3 heterocycles. The second-order valence-electron chi connectivity index (χ2n) is 7.40. The molecule has 0 saturated carbocycles. The lowest BCUT2D eigenvalue weighted by Gasteiger charge is -2.33. The van der Waals surface area contributed by atoms with E-state index in [1.165, 1.54) is 6.92 Å². The van der Waals surface area contributed by atoms with Gasteiger partial charge in [0, 0.05) is 55.7 Å². The van der Waals surface area contributed by atoms with Gasteiger partial charge >= 0.3 is 0 Å². The molecule has 0 aliphatic carbocycles. The van der Waals surface area contributed by atoms with Crippen LogP contribution in [0.25, 0.3) is 10.9 Å². The molecule has 1 aliphatic rings. The molecule has 2 N–H and O–H groups in total. The fourth-order valence-corrected chi connectivity index (χ4v) is 3.86. The zero-order valence-corrected chi connectivity index (χ0v) is 16.5. The molecule has 0 radical (unpaired) electrons. The van der Waals surface area contributed by atoms with Gasteiger partial charge in [-0.15, -0.1) is 0 Å². The Bertz CT molecular complexity index is 1010. The normalized spacial score (nSPS) is 14.7. The van der Waals surface area contributed by atoms with E-state index in [4.69, 9.17) is 0 Å². The Morgan fingerprint density at radius 2 is 1.86 bits per heavy atom. The summed E-state index contributed by atoms with van der Waals surface area (Å²) in [5.74, 6) is 0.0133. The summed E-state index contributed by atoms with van der Waals surface area (Å²) in [6, 6.07) is 12.0. The molecule has 2 amide bonds. The van der Waals surface area contributed by atoms with E-state index in [2.05, 4.69) is 15.6 Å². The third-order valence-electron chi connectivity index (χ3n) is 5.33. The van der Waals surface area contributed by atoms with Crippen LogP contribution in [0.4, 0.5) is 11.4 Å². The van der Waals surface area contributed by atoms with Gasteiger partial charge in [0.2, 0.25) is 11.8 Å². The fraction of sp³-hybridized carbons (Fsp3) is 0.318. The first-order valence-corrected chi connectivity index (χ1v) is 9.90. The fourth-order valence-electron chi connectivity index (χ4n) is 3.86. The molecule has 2 aromatic heterocycles. The third kappa shape index (κ3) is 4.39. The molecular weight excluding hydrogens is 366 g/mol. The van der Waals surface area contributed by atoms with Gasteiger partial charge in [-0.1, -0.05) is 6.07 Å². The number of anilines is 2. The smallest absolute Gasteiger partial charge is 0.242 e. The van der Waals surface area contributed by atoms with Crippen molar-refractivity contribution >= 4 is 34.1 Å². The highest BCUT2D eigenvalue weighted by molar-refractivity contribution is 6.01. The number of nitrogens with zero attached hydrogens (tertiary/aromatic N) is 3. The van der Waals surface area contributed by atoms with Crippen LogP contribution < -0.4 is 10.6 Å². The quantitative estimate of drug-likeness (QED) is 0.700. The summed E-state index contributed by atoms with van der Waals surface area (Å²) in [6.45, 7) is 3.29. The number of likely N-dealkylation sites (tertiary alicyclic amines) is 1. The molecule has 0 spiro atoms. The molecule has 1 aliphatic heterocycles. The van der Waals surface area contributed by atoms with E-state index in [9.17, 15) is 9.59 Å². The Balaban J connectivity index is 1.37. The molecule has 29 heavy (non-hydrogen) atoms. The van der Waals surface area contributed by atoms with Gasteiger partial charge < -0.3 is 20.1 Å². The van der Waals surface area contributed by atoms with Crippen LogP contribution in [0.1, 0.15) is 19.8 Å². The van der Waals surface area contributed by atoms with Gasteiger partial charge in [-0.3, -0.25) is 14.6 Å². The van der Waals surface area contributed by atoms with E-state index in [1.807, 2.05) is 52.1 Å². The number of rotatable bonds is 5. The maximum absolute atomic E-state index is 12.8. The van der Waals surface area contributed by atoms with Crippen LogP contribution in [0.15, 0.2) is 55.0 Å². The monoisotopic (exact) mass is 391 g/mol. The van der Waals surface area contributed by atoms with Crippen LogP contribution in [0, 0.1) is 0 Å². The Labute approximate surface area is 169 Å². The zero-order valence-electron chi connectivity index (χ0n) is 16.5. The molecule has 1 fully saturated rings. The highest BCUT2D eigenvalue weighted by Gasteiger charge is 2.23. The van der Waals surface area contributed by atoms with Gasteiger partial charge in [-0.2, -0.15) is 0 Å². The van der Waals surface area contributed by atoms with Gasteiger partial charge in [0.25, 0.3) is 0 Å². The molecule has 7 nitrogen and oxygen atoms in total. The second-order valence-corrected chi connectivity index (χ2v) is 7.40. The molecule has 3 aromatic rings. The van der Waals surface area contributed by atoms with E-state index in [1.54, 1.807) is 12.4 Å². The van der Waals surface area contributed by atoms with E-state index < -0.39 is 0 Å². The van der Waals surface area contributed by atoms with Crippen LogP contribution in [-0.4, -0.2) is 45.4 Å². The summed E-state index contributed by atoms with van der Waals surface area (Å²) >= 11 is 0. The number of hydrogen-bond acceptors (Lipinski definition) is 4. The third-order valence-corrected chi connectivity index (χ3v) is 5.33. The van der Waals surface area contributed by atoms with Gasteiger partial charge in [0.1, 0.15) is 6.54 Å². The van der Waals surface area contributed by atoms with Crippen molar-refractivity contribution < 1.29 is 9.59 Å². The maximum atomic E-state index is 12.8. The average Bonchev–Trinajstić information content (AvgIpc) is 3.13. The summed E-state index contributed by atoms with van der Waals surface area (Å²) < 4.78 is 1.95. The molecule has 1 aromatic carbocycles. The number of carbonyl (C=O) groups excluding carboxylic acids is 2. The van der Waals surface area contributed by atoms with E-state index in [0.29, 0.717) is 12.6 Å². The van der Waals surface area contributed by atoms with Gasteiger partial charge in [0.15, 0.2) is 0 Å². The SMILES string of the molecule is CC(=O)Nc1cccc2c1ccn2CC(=O)N1CCC(Nc2ccncc2)CC1. The Kier molecular flexibility index (Phi) is 5.46. The number of carbonyl (C=O) groups is 2. The number of amides is 2. The minimum absolute atomic E-state index is 0.107. The molecule has 0 bridgehead atoms. The van der Waals surface area contributed by atoms with E-state index in [0.717, 1.165) is 48.2 Å². The number of aromatic nitrogens is 2. The molecular formula is C22H25N5O2. The first-order valence-electron chi connectivity index (χ1n) is 9.90. The number of fused-ring (bicyclic) bond motifs is 1. The molecule has 0 unspecified atom stereocenters. The summed E-state index contributed by atoms with van der Waals surface area (Å²) in [5, 5.41) is 7.30. The summed E-state index contributed by atoms with van der Waals surface area (Å²) in [5.41, 5.74) is 2.78. The molecule has 0 atom stereocenters. The highest BCUT2D eigenvalue weighted by atomic mass is 16.2. The predicted octanol–water partition coefficient (Wildman–Crippen LogP) is 3.10. The van der Waals surface area contributed by atoms with Crippen molar-refractivity contribution in [3.8, 4) is 0 Å². The van der Waals surface area contributed by atoms with E-state index >= 15 is 0 Å². The number of hydrogen-bond donors (Lipinski definition) is 2. The minimum Gasteiger partial charge on any atom is -0.382 e. The number of piperidine rings is 1. The molecule has 150 valence electrons. The Hall–Kier alpha value is -3.35. The topological polar surface area (TPSA) is 79.3 Å². The summed E-state index contributed by atoms with van der Waals surface area (Å²) in [4.78, 5) is 30.2. The molecule has 4 rings (SSSR count). The summed E-state index contributed by atoms with van der Waals surface area (Å²) in [7, 11) is 0. The van der Waals surface area contributed by atoms with Crippen LogP contribution in [-0.2, 0) is 16.1 Å². The lowest BCUT2D eigenvalue weighted by molar-refractivity contribution is -0.132. The van der Waals surface area contributed by atoms with Crippen molar-refractivity contribution in [1.29, 1.82) is 0 Å². The van der Waals surface area contributed by atoms with Crippen molar-refractivity contribution in [1.82, 2.24) is 14.5 Å². The second kappa shape index (κ2) is 8.34. The van der Waals surface area contributed by atoms with Crippen LogP contribution in [0.3, 0.4) is 0 Å². The van der Waals surface area contributed by atoms with Gasteiger partial charge in [-0.25, -0.2) is 0 Å². The number of benzene rings is 1. The average molecular weight is 391 g/mol. The van der Waals surface area contributed by atoms with Gasteiger partial charge in [-0.05, 0) is 43.2 Å². The lowest BCUT2D eigenvalue weighted by Crippen LogP contribution is -2.43. The predicted molar refractivity (Wildman–Crippen MR) is 114 cm³/mol. The van der Waals surface area contributed by atoms with Crippen LogP contribution >= 0.6 is 0 Å².